The maximum absolute atomic E-state index is 11.6. The van der Waals surface area contributed by atoms with Crippen molar-refractivity contribution in [2.24, 2.45) is 0 Å². The number of hydrogen-bond donors (Lipinski definition) is 0. The van der Waals surface area contributed by atoms with Gasteiger partial charge in [0.2, 0.25) is 0 Å². The number of rotatable bonds is 14. The first-order valence-electron chi connectivity index (χ1n) is 11.2. The highest BCUT2D eigenvalue weighted by Gasteiger charge is 2.51. The molecule has 0 aliphatic carbocycles. The average Bonchev–Trinajstić information content (AvgIpc) is 2.61. The molecule has 1 unspecified atom stereocenters. The van der Waals surface area contributed by atoms with Crippen molar-refractivity contribution in [3.63, 3.8) is 0 Å². The summed E-state index contributed by atoms with van der Waals surface area (Å²) in [5.41, 5.74) is 0.469. The van der Waals surface area contributed by atoms with Gasteiger partial charge in [-0.2, -0.15) is 0 Å². The van der Waals surface area contributed by atoms with Crippen molar-refractivity contribution >= 4 is 22.4 Å². The Morgan fingerprint density at radius 3 is 2.00 bits per heavy atom. The zero-order valence-electron chi connectivity index (χ0n) is 20.6. The van der Waals surface area contributed by atoms with Gasteiger partial charge >= 0.3 is 5.97 Å². The number of carbonyl (C=O) groups excluding carboxylic acids is 1. The minimum absolute atomic E-state index is 0.0519. The smallest absolute Gasteiger partial charge is 0.333 e. The van der Waals surface area contributed by atoms with E-state index in [9.17, 15) is 4.79 Å². The first kappa shape index (κ1) is 27.6. The fraction of sp³-hybridized carbons (Fsp3) is 0.870. The highest BCUT2D eigenvalue weighted by Crippen LogP contribution is 2.49. The minimum Gasteiger partial charge on any atom is -0.462 e. The van der Waals surface area contributed by atoms with E-state index in [1.54, 1.807) is 6.92 Å². The van der Waals surface area contributed by atoms with Gasteiger partial charge in [0.1, 0.15) is 0 Å². The van der Waals surface area contributed by atoms with Crippen LogP contribution in [-0.2, 0) is 14.0 Å². The van der Waals surface area contributed by atoms with Crippen LogP contribution < -0.4 is 0 Å². The second kappa shape index (κ2) is 11.1. The summed E-state index contributed by atoms with van der Waals surface area (Å²) in [4.78, 5) is 11.6. The van der Waals surface area contributed by atoms with Gasteiger partial charge in [-0.15, -0.1) is 0 Å². The highest BCUT2D eigenvalue weighted by atomic mass is 28.4. The van der Waals surface area contributed by atoms with Gasteiger partial charge < -0.3 is 9.16 Å². The van der Waals surface area contributed by atoms with E-state index in [1.165, 1.54) is 25.7 Å². The number of hydrogen-bond acceptors (Lipinski definition) is 3. The molecular weight excluding hydrogens is 380 g/mol. The molecule has 0 amide bonds. The van der Waals surface area contributed by atoms with Gasteiger partial charge in [-0.3, -0.25) is 0 Å². The Kier molecular flexibility index (Phi) is 11.0. The van der Waals surface area contributed by atoms with Crippen molar-refractivity contribution in [3.05, 3.63) is 12.2 Å². The summed E-state index contributed by atoms with van der Waals surface area (Å²) in [7, 11) is -3.59. The molecule has 28 heavy (non-hydrogen) atoms. The Hall–Kier alpha value is -0.396. The topological polar surface area (TPSA) is 35.5 Å². The Balaban J connectivity index is 5.22. The molecule has 0 saturated heterocycles. The molecule has 5 heteroatoms. The molecule has 0 bridgehead atoms. The molecule has 0 saturated carbocycles. The quantitative estimate of drug-likeness (QED) is 0.124. The third kappa shape index (κ3) is 7.14. The van der Waals surface area contributed by atoms with Crippen molar-refractivity contribution in [3.8, 4) is 0 Å². The molecule has 0 aromatic carbocycles. The lowest BCUT2D eigenvalue weighted by Crippen LogP contribution is -2.60. The first-order chi connectivity index (χ1) is 12.7. The molecule has 0 spiro atoms. The Labute approximate surface area is 177 Å². The summed E-state index contributed by atoms with van der Waals surface area (Å²) in [5.74, 6) is -0.280. The predicted molar refractivity (Wildman–Crippen MR) is 128 cm³/mol. The second-order valence-corrected chi connectivity index (χ2v) is 19.9. The fourth-order valence-electron chi connectivity index (χ4n) is 3.91. The van der Waals surface area contributed by atoms with Crippen molar-refractivity contribution in [1.29, 1.82) is 0 Å². The van der Waals surface area contributed by atoms with Crippen LogP contribution in [0.5, 0.6) is 0 Å². The van der Waals surface area contributed by atoms with Gasteiger partial charge in [-0.1, -0.05) is 72.7 Å². The molecular formula is C23H48O3Si2. The average molecular weight is 429 g/mol. The lowest BCUT2D eigenvalue weighted by atomic mass is 10.0. The molecule has 0 aromatic rings. The van der Waals surface area contributed by atoms with Crippen LogP contribution in [0.2, 0.25) is 37.3 Å². The fourth-order valence-corrected chi connectivity index (χ4v) is 11.4. The lowest BCUT2D eigenvalue weighted by molar-refractivity contribution is -0.138. The molecule has 166 valence electrons. The van der Waals surface area contributed by atoms with Crippen LogP contribution in [0.3, 0.4) is 0 Å². The molecule has 0 rings (SSSR count). The monoisotopic (exact) mass is 428 g/mol. The van der Waals surface area contributed by atoms with Gasteiger partial charge in [0.25, 0.3) is 0 Å². The maximum atomic E-state index is 11.6. The molecule has 0 heterocycles. The third-order valence-corrected chi connectivity index (χ3v) is 17.0. The summed E-state index contributed by atoms with van der Waals surface area (Å²) in [5, 5.41) is 0.255. The SMILES string of the molecule is C=C(C)C(=O)OCCC[Si](C)(C)[C@@](C)(CC)O[Si](C)(C)C(C)(CC)CCCC. The van der Waals surface area contributed by atoms with Crippen molar-refractivity contribution < 1.29 is 14.0 Å². The van der Waals surface area contributed by atoms with Crippen molar-refractivity contribution in [2.75, 3.05) is 6.61 Å². The molecule has 0 fully saturated rings. The van der Waals surface area contributed by atoms with E-state index < -0.39 is 16.4 Å². The number of unbranched alkanes of at least 4 members (excludes halogenated alkanes) is 1. The standard InChI is InChI=1S/C23H48O3Si2/c1-12-15-17-22(6,13-2)28(10,11)26-23(7,14-3)27(8,9)19-16-18-25-21(24)20(4)5/h4,12-19H2,1-3,5-11H3/t22?,23-/m0/s1. The highest BCUT2D eigenvalue weighted by molar-refractivity contribution is 6.82. The molecule has 0 aromatic heterocycles. The summed E-state index contributed by atoms with van der Waals surface area (Å²) in [6, 6.07) is 1.10. The predicted octanol–water partition coefficient (Wildman–Crippen LogP) is 7.49. The minimum atomic E-state index is -1.90. The molecule has 3 nitrogen and oxygen atoms in total. The van der Waals surface area contributed by atoms with E-state index in [0.717, 1.165) is 18.9 Å². The molecule has 0 N–H and O–H groups in total. The van der Waals surface area contributed by atoms with E-state index in [2.05, 4.69) is 67.4 Å². The van der Waals surface area contributed by atoms with E-state index in [1.807, 2.05) is 0 Å². The molecule has 0 aliphatic heterocycles. The van der Waals surface area contributed by atoms with Gasteiger partial charge in [0, 0.05) is 10.8 Å². The van der Waals surface area contributed by atoms with E-state index in [0.29, 0.717) is 17.2 Å². The summed E-state index contributed by atoms with van der Waals surface area (Å²) in [6.45, 7) is 27.2. The third-order valence-electron chi connectivity index (χ3n) is 7.43. The largest absolute Gasteiger partial charge is 0.462 e. The van der Waals surface area contributed by atoms with Crippen molar-refractivity contribution in [1.82, 2.24) is 0 Å². The van der Waals surface area contributed by atoms with Crippen LogP contribution in [0.4, 0.5) is 0 Å². The zero-order chi connectivity index (χ0) is 22.2. The van der Waals surface area contributed by atoms with Gasteiger partial charge in [0.15, 0.2) is 8.32 Å². The van der Waals surface area contributed by atoms with Crippen molar-refractivity contribution in [2.45, 2.75) is 123 Å². The number of carbonyl (C=O) groups is 1. The van der Waals surface area contributed by atoms with Gasteiger partial charge in [-0.25, -0.2) is 4.79 Å². The van der Waals surface area contributed by atoms with Crippen LogP contribution in [0.25, 0.3) is 0 Å². The van der Waals surface area contributed by atoms with Gasteiger partial charge in [0.05, 0.1) is 14.7 Å². The Morgan fingerprint density at radius 1 is 1.00 bits per heavy atom. The summed E-state index contributed by atoms with van der Waals surface area (Å²) in [6.07, 6.45) is 6.92. The van der Waals surface area contributed by atoms with Crippen LogP contribution >= 0.6 is 0 Å². The lowest BCUT2D eigenvalue weighted by Gasteiger charge is -2.52. The van der Waals surface area contributed by atoms with E-state index in [4.69, 9.17) is 9.16 Å². The van der Waals surface area contributed by atoms with Crippen LogP contribution in [0.1, 0.15) is 80.1 Å². The first-order valence-corrected chi connectivity index (χ1v) is 17.4. The van der Waals surface area contributed by atoms with Crippen LogP contribution in [-0.4, -0.2) is 34.2 Å². The molecule has 0 aliphatic rings. The van der Waals surface area contributed by atoms with Crippen LogP contribution in [0.15, 0.2) is 12.2 Å². The zero-order valence-corrected chi connectivity index (χ0v) is 22.6. The Bertz CT molecular complexity index is 516. The number of ether oxygens (including phenoxy) is 1. The Morgan fingerprint density at radius 2 is 1.57 bits per heavy atom. The normalized spacial score (nSPS) is 16.9. The molecule has 0 radical (unpaired) electrons. The summed E-state index contributed by atoms with van der Waals surface area (Å²) < 4.78 is 12.5. The molecule has 2 atom stereocenters. The van der Waals surface area contributed by atoms with E-state index >= 15 is 0 Å². The maximum Gasteiger partial charge on any atom is 0.333 e. The number of esters is 1. The van der Waals surface area contributed by atoms with Crippen LogP contribution in [0, 0.1) is 0 Å². The van der Waals surface area contributed by atoms with E-state index in [-0.39, 0.29) is 11.2 Å². The van der Waals surface area contributed by atoms with Gasteiger partial charge in [-0.05, 0) is 51.2 Å². The second-order valence-electron chi connectivity index (χ2n) is 10.1. The summed E-state index contributed by atoms with van der Waals surface area (Å²) >= 11 is 0.